The van der Waals surface area contributed by atoms with Crippen molar-refractivity contribution in [2.75, 3.05) is 6.26 Å². The summed E-state index contributed by atoms with van der Waals surface area (Å²) in [5.41, 5.74) is 8.64. The van der Waals surface area contributed by atoms with Gasteiger partial charge in [-0.2, -0.15) is 0 Å². The van der Waals surface area contributed by atoms with E-state index in [2.05, 4.69) is 56.5 Å². The Balaban J connectivity index is 2.23. The normalized spacial score (nSPS) is 13.7. The molecular formula is C18H23NOS. The average Bonchev–Trinajstić information content (AvgIpc) is 2.52. The van der Waals surface area contributed by atoms with Crippen molar-refractivity contribution >= 4 is 11.8 Å². The lowest BCUT2D eigenvalue weighted by atomic mass is 9.99. The number of benzene rings is 2. The molecule has 0 saturated carbocycles. The molecule has 3 heteroatoms. The smallest absolute Gasteiger partial charge is 0.139 e. The number of ether oxygens (including phenoxy) is 1. The summed E-state index contributed by atoms with van der Waals surface area (Å²) in [7, 11) is 0. The van der Waals surface area contributed by atoms with Crippen LogP contribution in [0.5, 0.6) is 5.75 Å². The summed E-state index contributed by atoms with van der Waals surface area (Å²) in [6.45, 7) is 4.18. The van der Waals surface area contributed by atoms with E-state index in [1.54, 1.807) is 11.8 Å². The molecule has 2 nitrogen and oxygen atoms in total. The van der Waals surface area contributed by atoms with Gasteiger partial charge in [-0.05, 0) is 49.4 Å². The third-order valence-corrected chi connectivity index (χ3v) is 4.30. The minimum atomic E-state index is -0.116. The van der Waals surface area contributed by atoms with Gasteiger partial charge >= 0.3 is 0 Å². The first-order chi connectivity index (χ1) is 10.1. The molecule has 0 aliphatic rings. The van der Waals surface area contributed by atoms with Gasteiger partial charge in [0.25, 0.3) is 0 Å². The van der Waals surface area contributed by atoms with E-state index in [9.17, 15) is 0 Å². The van der Waals surface area contributed by atoms with E-state index in [-0.39, 0.29) is 12.1 Å². The second kappa shape index (κ2) is 7.53. The highest BCUT2D eigenvalue weighted by molar-refractivity contribution is 7.98. The van der Waals surface area contributed by atoms with Gasteiger partial charge in [0.2, 0.25) is 0 Å². The van der Waals surface area contributed by atoms with Gasteiger partial charge in [0.05, 0.1) is 0 Å². The van der Waals surface area contributed by atoms with Gasteiger partial charge in [-0.25, -0.2) is 0 Å². The van der Waals surface area contributed by atoms with Crippen LogP contribution in [-0.4, -0.2) is 12.3 Å². The molecule has 0 fully saturated rings. The van der Waals surface area contributed by atoms with Crippen LogP contribution in [0.1, 0.15) is 30.6 Å². The summed E-state index contributed by atoms with van der Waals surface area (Å²) in [6.07, 6.45) is 2.83. The van der Waals surface area contributed by atoms with Gasteiger partial charge < -0.3 is 10.5 Å². The highest BCUT2D eigenvalue weighted by Crippen LogP contribution is 2.27. The van der Waals surface area contributed by atoms with Crippen molar-refractivity contribution in [3.05, 3.63) is 59.7 Å². The Hall–Kier alpha value is -1.45. The maximum absolute atomic E-state index is 6.27. The number of hydrogen-bond donors (Lipinski definition) is 1. The van der Waals surface area contributed by atoms with Gasteiger partial charge in [0.15, 0.2) is 0 Å². The third-order valence-electron chi connectivity index (χ3n) is 3.55. The predicted molar refractivity (Wildman–Crippen MR) is 91.0 cm³/mol. The molecule has 2 rings (SSSR count). The number of rotatable bonds is 6. The van der Waals surface area contributed by atoms with E-state index >= 15 is 0 Å². The van der Waals surface area contributed by atoms with Crippen molar-refractivity contribution in [3.8, 4) is 5.75 Å². The minimum absolute atomic E-state index is 0.0213. The molecule has 0 spiro atoms. The molecule has 0 bridgehead atoms. The van der Waals surface area contributed by atoms with Crippen LogP contribution in [0, 0.1) is 6.92 Å². The molecule has 0 amide bonds. The Morgan fingerprint density at radius 3 is 2.43 bits per heavy atom. The summed E-state index contributed by atoms with van der Waals surface area (Å²) in [4.78, 5) is 1.23. The monoisotopic (exact) mass is 301 g/mol. The summed E-state index contributed by atoms with van der Waals surface area (Å²) >= 11 is 1.73. The minimum Gasteiger partial charge on any atom is -0.484 e. The molecule has 21 heavy (non-hydrogen) atoms. The van der Waals surface area contributed by atoms with Crippen LogP contribution < -0.4 is 10.5 Å². The Morgan fingerprint density at radius 1 is 1.14 bits per heavy atom. The molecule has 2 atom stereocenters. The Labute approximate surface area is 131 Å². The van der Waals surface area contributed by atoms with Gasteiger partial charge in [0.1, 0.15) is 11.9 Å². The van der Waals surface area contributed by atoms with Crippen LogP contribution in [0.15, 0.2) is 53.4 Å². The first kappa shape index (κ1) is 15.9. The van der Waals surface area contributed by atoms with Gasteiger partial charge in [0, 0.05) is 10.9 Å². The Morgan fingerprint density at radius 2 is 1.86 bits per heavy atom. The highest BCUT2D eigenvalue weighted by Gasteiger charge is 2.20. The predicted octanol–water partition coefficient (Wildman–Crippen LogP) is 4.57. The maximum atomic E-state index is 6.27. The molecule has 2 N–H and O–H groups in total. The van der Waals surface area contributed by atoms with Crippen molar-refractivity contribution in [3.63, 3.8) is 0 Å². The van der Waals surface area contributed by atoms with Crippen molar-refractivity contribution in [2.24, 2.45) is 5.73 Å². The molecule has 2 aromatic rings. The van der Waals surface area contributed by atoms with E-state index < -0.39 is 0 Å². The third kappa shape index (κ3) is 4.26. The van der Waals surface area contributed by atoms with E-state index in [0.717, 1.165) is 17.7 Å². The number of thioether (sulfide) groups is 1. The van der Waals surface area contributed by atoms with Crippen LogP contribution in [0.4, 0.5) is 0 Å². The summed E-state index contributed by atoms with van der Waals surface area (Å²) < 4.78 is 6.17. The zero-order chi connectivity index (χ0) is 15.2. The fourth-order valence-electron chi connectivity index (χ4n) is 2.26. The Bertz CT molecular complexity index is 568. The summed E-state index contributed by atoms with van der Waals surface area (Å²) in [6, 6.07) is 16.5. The fraction of sp³-hybridized carbons (Fsp3) is 0.333. The van der Waals surface area contributed by atoms with Crippen molar-refractivity contribution in [1.29, 1.82) is 0 Å². The van der Waals surface area contributed by atoms with Crippen molar-refractivity contribution in [1.82, 2.24) is 0 Å². The topological polar surface area (TPSA) is 35.2 Å². The molecule has 0 aliphatic heterocycles. The van der Waals surface area contributed by atoms with E-state index in [1.807, 2.05) is 12.1 Å². The van der Waals surface area contributed by atoms with Crippen molar-refractivity contribution in [2.45, 2.75) is 37.3 Å². The van der Waals surface area contributed by atoms with Crippen LogP contribution in [0.3, 0.4) is 0 Å². The molecular weight excluding hydrogens is 278 g/mol. The lowest BCUT2D eigenvalue weighted by Crippen LogP contribution is -2.31. The molecule has 0 aromatic heterocycles. The van der Waals surface area contributed by atoms with Crippen LogP contribution in [0.25, 0.3) is 0 Å². The second-order valence-electron chi connectivity index (χ2n) is 5.20. The zero-order valence-corrected chi connectivity index (χ0v) is 13.7. The first-order valence-corrected chi connectivity index (χ1v) is 8.49. The first-order valence-electron chi connectivity index (χ1n) is 7.27. The fourth-order valence-corrected chi connectivity index (χ4v) is 2.67. The molecule has 112 valence electrons. The lowest BCUT2D eigenvalue weighted by Gasteiger charge is -2.25. The van der Waals surface area contributed by atoms with Crippen LogP contribution in [-0.2, 0) is 0 Å². The molecule has 0 saturated heterocycles. The molecule has 2 aromatic carbocycles. The van der Waals surface area contributed by atoms with Crippen LogP contribution in [0.2, 0.25) is 0 Å². The number of nitrogens with two attached hydrogens (primary N) is 1. The van der Waals surface area contributed by atoms with Gasteiger partial charge in [-0.15, -0.1) is 11.8 Å². The lowest BCUT2D eigenvalue weighted by molar-refractivity contribution is 0.171. The summed E-state index contributed by atoms with van der Waals surface area (Å²) in [5, 5.41) is 0. The zero-order valence-electron chi connectivity index (χ0n) is 12.9. The van der Waals surface area contributed by atoms with E-state index in [0.29, 0.717) is 0 Å². The number of hydrogen-bond acceptors (Lipinski definition) is 3. The molecule has 2 unspecified atom stereocenters. The highest BCUT2D eigenvalue weighted by atomic mass is 32.2. The van der Waals surface area contributed by atoms with E-state index in [1.165, 1.54) is 10.5 Å². The second-order valence-corrected chi connectivity index (χ2v) is 6.08. The quantitative estimate of drug-likeness (QED) is 0.794. The van der Waals surface area contributed by atoms with E-state index in [4.69, 9.17) is 10.5 Å². The van der Waals surface area contributed by atoms with Crippen molar-refractivity contribution < 1.29 is 4.74 Å². The molecule has 0 aliphatic carbocycles. The number of aryl methyl sites for hydroxylation is 1. The Kier molecular flexibility index (Phi) is 5.71. The SMILES string of the molecule is CCC(N)C(Oc1ccc(SC)cc1)c1cccc(C)c1. The largest absolute Gasteiger partial charge is 0.484 e. The molecule has 0 radical (unpaired) electrons. The molecule has 0 heterocycles. The van der Waals surface area contributed by atoms with Gasteiger partial charge in [-0.3, -0.25) is 0 Å². The summed E-state index contributed by atoms with van der Waals surface area (Å²) in [5.74, 6) is 0.864. The van der Waals surface area contributed by atoms with Gasteiger partial charge in [-0.1, -0.05) is 36.8 Å². The standard InChI is InChI=1S/C18H23NOS/c1-4-17(19)18(14-7-5-6-13(2)12-14)20-15-8-10-16(21-3)11-9-15/h5-12,17-18H,4,19H2,1-3H3. The maximum Gasteiger partial charge on any atom is 0.139 e. The average molecular weight is 301 g/mol. The van der Waals surface area contributed by atoms with Crippen LogP contribution >= 0.6 is 11.8 Å².